The third-order valence-electron chi connectivity index (χ3n) is 10.0. The third kappa shape index (κ3) is 5.69. The summed E-state index contributed by atoms with van der Waals surface area (Å²) in [7, 11) is 1.29. The lowest BCUT2D eigenvalue weighted by Gasteiger charge is -2.40. The summed E-state index contributed by atoms with van der Waals surface area (Å²) in [4.78, 5) is 32.6. The van der Waals surface area contributed by atoms with Gasteiger partial charge < -0.3 is 34.2 Å². The molecule has 3 fully saturated rings. The van der Waals surface area contributed by atoms with E-state index in [2.05, 4.69) is 29.0 Å². The van der Waals surface area contributed by atoms with Crippen molar-refractivity contribution in [2.75, 3.05) is 49.9 Å². The Kier molecular flexibility index (Phi) is 8.72. The standard InChI is InChI=1S/C35H37Cl2FN4O5/c1-19-20(2)41(10-9-39-19)24-11-28(36)32(29(37)12-24)34(43)40-15-21-5-4-6-25(33(21)47-18-40)26-14-31(27(13-30(26)38)35(44)45-3)42-22-7-8-23(42)17-46-16-22/h4-6,11-14,19-20,22-23,39H,7-10,15-18H2,1-3H3. The number of fused-ring (bicyclic) bond motifs is 3. The highest BCUT2D eigenvalue weighted by molar-refractivity contribution is 6.40. The summed E-state index contributed by atoms with van der Waals surface area (Å²) in [5.41, 5.74) is 3.41. The van der Waals surface area contributed by atoms with Crippen LogP contribution >= 0.6 is 23.2 Å². The number of benzene rings is 3. The first-order valence-electron chi connectivity index (χ1n) is 16.0. The molecule has 4 aliphatic heterocycles. The van der Waals surface area contributed by atoms with Crippen LogP contribution in [0.1, 0.15) is 53.0 Å². The summed E-state index contributed by atoms with van der Waals surface area (Å²) in [5, 5.41) is 4.01. The van der Waals surface area contributed by atoms with Crippen LogP contribution in [-0.4, -0.2) is 81.1 Å². The van der Waals surface area contributed by atoms with Crippen molar-refractivity contribution in [2.24, 2.45) is 0 Å². The molecule has 3 aromatic rings. The molecule has 7 rings (SSSR count). The van der Waals surface area contributed by atoms with Crippen LogP contribution in [-0.2, 0) is 16.0 Å². The number of esters is 1. The summed E-state index contributed by atoms with van der Waals surface area (Å²) in [6.45, 7) is 7.13. The van der Waals surface area contributed by atoms with E-state index in [4.69, 9.17) is 37.4 Å². The van der Waals surface area contributed by atoms with Crippen LogP contribution in [0, 0.1) is 5.82 Å². The highest BCUT2D eigenvalue weighted by Gasteiger charge is 2.40. The van der Waals surface area contributed by atoms with Crippen LogP contribution in [0.15, 0.2) is 42.5 Å². The molecule has 0 radical (unpaired) electrons. The topological polar surface area (TPSA) is 83.6 Å². The lowest BCUT2D eigenvalue weighted by Crippen LogP contribution is -2.55. The van der Waals surface area contributed by atoms with Crippen molar-refractivity contribution in [2.45, 2.75) is 57.4 Å². The molecule has 12 heteroatoms. The number of nitrogens with one attached hydrogen (secondary N) is 1. The zero-order chi connectivity index (χ0) is 33.0. The van der Waals surface area contributed by atoms with E-state index >= 15 is 4.39 Å². The first-order valence-corrected chi connectivity index (χ1v) is 16.7. The molecule has 1 N–H and O–H groups in total. The van der Waals surface area contributed by atoms with Crippen LogP contribution in [0.3, 0.4) is 0 Å². The lowest BCUT2D eigenvalue weighted by atomic mass is 9.96. The number of piperazine rings is 1. The highest BCUT2D eigenvalue weighted by atomic mass is 35.5. The van der Waals surface area contributed by atoms with E-state index in [1.807, 2.05) is 12.1 Å². The van der Waals surface area contributed by atoms with Gasteiger partial charge in [0, 0.05) is 47.6 Å². The van der Waals surface area contributed by atoms with Crippen molar-refractivity contribution >= 4 is 46.5 Å². The van der Waals surface area contributed by atoms with Crippen molar-refractivity contribution < 1.29 is 28.2 Å². The Morgan fingerprint density at radius 3 is 2.45 bits per heavy atom. The predicted molar refractivity (Wildman–Crippen MR) is 179 cm³/mol. The molecule has 2 bridgehead atoms. The van der Waals surface area contributed by atoms with Crippen LogP contribution < -0.4 is 19.9 Å². The van der Waals surface area contributed by atoms with Gasteiger partial charge in [-0.2, -0.15) is 0 Å². The second-order valence-corrected chi connectivity index (χ2v) is 13.5. The summed E-state index contributed by atoms with van der Waals surface area (Å²) in [6.07, 6.45) is 1.85. The van der Waals surface area contributed by atoms with Crippen molar-refractivity contribution in [1.29, 1.82) is 0 Å². The van der Waals surface area contributed by atoms with Gasteiger partial charge in [-0.25, -0.2) is 9.18 Å². The summed E-state index contributed by atoms with van der Waals surface area (Å²) in [6, 6.07) is 12.7. The molecule has 0 saturated carbocycles. The number of hydrogen-bond donors (Lipinski definition) is 1. The fourth-order valence-electron chi connectivity index (χ4n) is 7.40. The molecule has 9 nitrogen and oxygen atoms in total. The minimum atomic E-state index is -0.598. The molecule has 3 saturated heterocycles. The van der Waals surface area contributed by atoms with E-state index in [1.54, 1.807) is 24.3 Å². The molecule has 248 valence electrons. The number of anilines is 2. The van der Waals surface area contributed by atoms with Gasteiger partial charge in [0.1, 0.15) is 11.6 Å². The van der Waals surface area contributed by atoms with E-state index in [0.717, 1.165) is 31.6 Å². The lowest BCUT2D eigenvalue weighted by molar-refractivity contribution is 0.0515. The minimum absolute atomic E-state index is 0.0774. The van der Waals surface area contributed by atoms with Crippen molar-refractivity contribution in [1.82, 2.24) is 10.2 Å². The number of carbonyl (C=O) groups excluding carboxylic acids is 2. The highest BCUT2D eigenvalue weighted by Crippen LogP contribution is 2.43. The first kappa shape index (κ1) is 32.0. The number of halogens is 3. The fraction of sp³-hybridized carbons (Fsp3) is 0.429. The normalized spacial score (nSPS) is 23.7. The van der Waals surface area contributed by atoms with Crippen LogP contribution in [0.4, 0.5) is 15.8 Å². The average Bonchev–Trinajstić information content (AvgIpc) is 3.31. The number of rotatable bonds is 5. The zero-order valence-corrected chi connectivity index (χ0v) is 28.0. The summed E-state index contributed by atoms with van der Waals surface area (Å²) in [5.74, 6) is -1.05. The summed E-state index contributed by atoms with van der Waals surface area (Å²) >= 11 is 13.4. The van der Waals surface area contributed by atoms with Crippen LogP contribution in [0.2, 0.25) is 10.0 Å². The van der Waals surface area contributed by atoms with Crippen LogP contribution in [0.25, 0.3) is 11.1 Å². The molecule has 4 aliphatic rings. The largest absolute Gasteiger partial charge is 0.472 e. The maximum atomic E-state index is 15.9. The van der Waals surface area contributed by atoms with Gasteiger partial charge in [-0.15, -0.1) is 0 Å². The van der Waals surface area contributed by atoms with Crippen molar-refractivity contribution in [3.8, 4) is 16.9 Å². The molecule has 4 atom stereocenters. The predicted octanol–water partition coefficient (Wildman–Crippen LogP) is 6.13. The third-order valence-corrected chi connectivity index (χ3v) is 10.6. The Balaban J connectivity index is 1.18. The van der Waals surface area contributed by atoms with Gasteiger partial charge >= 0.3 is 5.97 Å². The summed E-state index contributed by atoms with van der Waals surface area (Å²) < 4.78 is 32.9. The maximum Gasteiger partial charge on any atom is 0.340 e. The Labute approximate surface area is 283 Å². The van der Waals surface area contributed by atoms with E-state index in [0.29, 0.717) is 47.4 Å². The number of hydrogen-bond acceptors (Lipinski definition) is 8. The minimum Gasteiger partial charge on any atom is -0.472 e. The Bertz CT molecular complexity index is 1700. The molecule has 0 spiro atoms. The molecular formula is C35H37Cl2FN4O5. The molecule has 0 aliphatic carbocycles. The first-order chi connectivity index (χ1) is 22.7. The van der Waals surface area contributed by atoms with E-state index in [9.17, 15) is 9.59 Å². The molecule has 4 unspecified atom stereocenters. The van der Waals surface area contributed by atoms with Gasteiger partial charge in [0.2, 0.25) is 0 Å². The number of ether oxygens (including phenoxy) is 3. The quantitative estimate of drug-likeness (QED) is 0.322. The van der Waals surface area contributed by atoms with Crippen molar-refractivity contribution in [3.63, 3.8) is 0 Å². The second kappa shape index (κ2) is 12.8. The molecule has 3 aromatic carbocycles. The van der Waals surface area contributed by atoms with Crippen molar-refractivity contribution in [3.05, 3.63) is 75.0 Å². The fourth-order valence-corrected chi connectivity index (χ4v) is 8.04. The van der Waals surface area contributed by atoms with E-state index < -0.39 is 11.8 Å². The molecule has 0 aromatic heterocycles. The van der Waals surface area contributed by atoms with Gasteiger partial charge in [-0.1, -0.05) is 41.4 Å². The Morgan fingerprint density at radius 2 is 1.74 bits per heavy atom. The van der Waals surface area contributed by atoms with Gasteiger partial charge in [0.05, 0.1) is 65.8 Å². The molecule has 47 heavy (non-hydrogen) atoms. The van der Waals surface area contributed by atoms with Crippen LogP contribution in [0.5, 0.6) is 5.75 Å². The Hall–Kier alpha value is -3.57. The Morgan fingerprint density at radius 1 is 1.02 bits per heavy atom. The maximum absolute atomic E-state index is 15.9. The number of nitrogens with zero attached hydrogens (tertiary/aromatic N) is 3. The SMILES string of the molecule is COC(=O)c1cc(F)c(-c2cccc3c2OCN(C(=O)c2c(Cl)cc(N4CCNC(C)C4C)cc2Cl)C3)cc1N1C2CCC1COC2. The van der Waals surface area contributed by atoms with E-state index in [1.165, 1.54) is 18.1 Å². The van der Waals surface area contributed by atoms with Gasteiger partial charge in [0.25, 0.3) is 5.91 Å². The molecule has 4 heterocycles. The smallest absolute Gasteiger partial charge is 0.340 e. The zero-order valence-electron chi connectivity index (χ0n) is 26.5. The average molecular weight is 684 g/mol. The second-order valence-electron chi connectivity index (χ2n) is 12.7. The van der Waals surface area contributed by atoms with Gasteiger partial charge in [-0.05, 0) is 51.0 Å². The monoisotopic (exact) mass is 682 g/mol. The van der Waals surface area contributed by atoms with E-state index in [-0.39, 0.29) is 58.5 Å². The molecular weight excluding hydrogens is 646 g/mol. The number of carbonyl (C=O) groups is 2. The van der Waals surface area contributed by atoms with Gasteiger partial charge in [-0.3, -0.25) is 4.79 Å². The number of amides is 1. The number of para-hydroxylation sites is 1. The number of methoxy groups -OCH3 is 1. The number of morpholine rings is 1. The van der Waals surface area contributed by atoms with Gasteiger partial charge in [0.15, 0.2) is 6.73 Å². The molecule has 1 amide bonds.